The van der Waals surface area contributed by atoms with Gasteiger partial charge < -0.3 is 5.32 Å². The molecule has 1 aromatic carbocycles. The maximum atomic E-state index is 13.3. The Morgan fingerprint density at radius 2 is 1.81 bits per heavy atom. The van der Waals surface area contributed by atoms with E-state index in [2.05, 4.69) is 10.3 Å². The van der Waals surface area contributed by atoms with E-state index in [0.29, 0.717) is 12.0 Å². The Labute approximate surface area is 122 Å². The van der Waals surface area contributed by atoms with Gasteiger partial charge in [0.1, 0.15) is 0 Å². The van der Waals surface area contributed by atoms with Crippen LogP contribution in [0.25, 0.3) is 0 Å². The molecular weight excluding hydrogens is 277 g/mol. The second-order valence-electron chi connectivity index (χ2n) is 4.86. The first kappa shape index (κ1) is 15.5. The standard InChI is InChI=1S/C16H17F3N2/c1-3-10-4-5-12(21-9-10)8-15(20-2)11-6-13(17)16(19)14(18)7-11/h4-7,9,15,20H,3,8H2,1-2H3. The summed E-state index contributed by atoms with van der Waals surface area (Å²) in [6.45, 7) is 2.04. The van der Waals surface area contributed by atoms with Crippen molar-refractivity contribution in [1.29, 1.82) is 0 Å². The number of hydrogen-bond acceptors (Lipinski definition) is 2. The van der Waals surface area contributed by atoms with Gasteiger partial charge in [-0.2, -0.15) is 0 Å². The van der Waals surface area contributed by atoms with Gasteiger partial charge in [0.25, 0.3) is 0 Å². The molecule has 1 atom stereocenters. The van der Waals surface area contributed by atoms with E-state index in [4.69, 9.17) is 0 Å². The molecule has 0 saturated heterocycles. The van der Waals surface area contributed by atoms with Crippen molar-refractivity contribution in [3.63, 3.8) is 0 Å². The van der Waals surface area contributed by atoms with Crippen LogP contribution < -0.4 is 5.32 Å². The predicted octanol–water partition coefficient (Wildman–Crippen LogP) is 3.56. The minimum absolute atomic E-state index is 0.338. The van der Waals surface area contributed by atoms with Gasteiger partial charge in [-0.1, -0.05) is 13.0 Å². The Morgan fingerprint density at radius 1 is 1.14 bits per heavy atom. The Hall–Kier alpha value is -1.88. The monoisotopic (exact) mass is 294 g/mol. The van der Waals surface area contributed by atoms with Gasteiger partial charge in [-0.3, -0.25) is 4.98 Å². The molecule has 1 N–H and O–H groups in total. The summed E-state index contributed by atoms with van der Waals surface area (Å²) in [4.78, 5) is 4.32. The molecule has 0 bridgehead atoms. The van der Waals surface area contributed by atoms with Gasteiger partial charge >= 0.3 is 0 Å². The van der Waals surface area contributed by atoms with Crippen LogP contribution in [-0.2, 0) is 12.8 Å². The minimum Gasteiger partial charge on any atom is -0.313 e. The molecule has 5 heteroatoms. The van der Waals surface area contributed by atoms with E-state index in [-0.39, 0.29) is 6.04 Å². The van der Waals surface area contributed by atoms with Crippen LogP contribution in [0.4, 0.5) is 13.2 Å². The van der Waals surface area contributed by atoms with Crippen LogP contribution in [0.1, 0.15) is 29.8 Å². The average Bonchev–Trinajstić information content (AvgIpc) is 2.50. The number of nitrogens with one attached hydrogen (secondary N) is 1. The van der Waals surface area contributed by atoms with Crippen molar-refractivity contribution in [3.05, 3.63) is 64.7 Å². The summed E-state index contributed by atoms with van der Waals surface area (Å²) >= 11 is 0. The van der Waals surface area contributed by atoms with Gasteiger partial charge in [0.2, 0.25) is 0 Å². The molecule has 2 nitrogen and oxygen atoms in total. The number of hydrogen-bond donors (Lipinski definition) is 1. The number of halogens is 3. The van der Waals surface area contributed by atoms with Gasteiger partial charge in [-0.05, 0) is 42.8 Å². The maximum Gasteiger partial charge on any atom is 0.194 e. The molecule has 21 heavy (non-hydrogen) atoms. The number of nitrogens with zero attached hydrogens (tertiary/aromatic N) is 1. The number of aryl methyl sites for hydroxylation is 1. The minimum atomic E-state index is -1.45. The molecule has 0 aliphatic heterocycles. The number of pyridine rings is 1. The zero-order valence-corrected chi connectivity index (χ0v) is 12.0. The molecule has 0 aliphatic carbocycles. The van der Waals surface area contributed by atoms with E-state index in [1.807, 2.05) is 19.1 Å². The third-order valence-electron chi connectivity index (χ3n) is 3.46. The fraction of sp³-hybridized carbons (Fsp3) is 0.312. The van der Waals surface area contributed by atoms with Gasteiger partial charge in [-0.25, -0.2) is 13.2 Å². The van der Waals surface area contributed by atoms with E-state index in [9.17, 15) is 13.2 Å². The first-order valence-corrected chi connectivity index (χ1v) is 6.80. The molecule has 0 spiro atoms. The predicted molar refractivity (Wildman–Crippen MR) is 75.4 cm³/mol. The van der Waals surface area contributed by atoms with Crippen LogP contribution in [-0.4, -0.2) is 12.0 Å². The lowest BCUT2D eigenvalue weighted by atomic mass is 10.0. The second kappa shape index (κ2) is 6.72. The number of benzene rings is 1. The molecule has 2 rings (SSSR count). The van der Waals surface area contributed by atoms with E-state index in [1.165, 1.54) is 0 Å². The van der Waals surface area contributed by atoms with Crippen LogP contribution in [0.3, 0.4) is 0 Å². The van der Waals surface area contributed by atoms with Gasteiger partial charge in [0, 0.05) is 24.4 Å². The highest BCUT2D eigenvalue weighted by atomic mass is 19.2. The fourth-order valence-electron chi connectivity index (χ4n) is 2.16. The lowest BCUT2D eigenvalue weighted by Crippen LogP contribution is -2.20. The Morgan fingerprint density at radius 3 is 2.29 bits per heavy atom. The summed E-state index contributed by atoms with van der Waals surface area (Å²) in [5.74, 6) is -3.81. The molecule has 0 fully saturated rings. The van der Waals surface area contributed by atoms with E-state index in [0.717, 1.165) is 29.8 Å². The number of likely N-dealkylation sites (N-methyl/N-ethyl adjacent to an activating group) is 1. The van der Waals surface area contributed by atoms with E-state index >= 15 is 0 Å². The van der Waals surface area contributed by atoms with Crippen LogP contribution in [0.5, 0.6) is 0 Å². The number of rotatable bonds is 5. The molecule has 0 aliphatic rings. The van der Waals surface area contributed by atoms with Crippen molar-refractivity contribution in [2.24, 2.45) is 0 Å². The highest BCUT2D eigenvalue weighted by molar-refractivity contribution is 5.25. The van der Waals surface area contributed by atoms with Crippen molar-refractivity contribution >= 4 is 0 Å². The molecule has 112 valence electrons. The second-order valence-corrected chi connectivity index (χ2v) is 4.86. The van der Waals surface area contributed by atoms with Gasteiger partial charge in [0.15, 0.2) is 17.5 Å². The molecule has 1 aromatic heterocycles. The maximum absolute atomic E-state index is 13.3. The zero-order chi connectivity index (χ0) is 15.4. The lowest BCUT2D eigenvalue weighted by molar-refractivity contribution is 0.440. The normalized spacial score (nSPS) is 12.4. The Bertz CT molecular complexity index is 588. The summed E-state index contributed by atoms with van der Waals surface area (Å²) in [7, 11) is 1.68. The van der Waals surface area contributed by atoms with Crippen molar-refractivity contribution < 1.29 is 13.2 Å². The molecule has 0 radical (unpaired) electrons. The van der Waals surface area contributed by atoms with Crippen molar-refractivity contribution in [3.8, 4) is 0 Å². The quantitative estimate of drug-likeness (QED) is 0.853. The highest BCUT2D eigenvalue weighted by Crippen LogP contribution is 2.22. The summed E-state index contributed by atoms with van der Waals surface area (Å²) in [6.07, 6.45) is 3.15. The largest absolute Gasteiger partial charge is 0.313 e. The molecule has 0 saturated carbocycles. The fourth-order valence-corrected chi connectivity index (χ4v) is 2.16. The molecule has 1 unspecified atom stereocenters. The average molecular weight is 294 g/mol. The Kier molecular flexibility index (Phi) is 4.96. The SMILES string of the molecule is CCc1ccc(CC(NC)c2cc(F)c(F)c(F)c2)nc1. The van der Waals surface area contributed by atoms with Crippen LogP contribution in [0.2, 0.25) is 0 Å². The smallest absolute Gasteiger partial charge is 0.194 e. The highest BCUT2D eigenvalue weighted by Gasteiger charge is 2.17. The first-order valence-electron chi connectivity index (χ1n) is 6.80. The molecular formula is C16H17F3N2. The van der Waals surface area contributed by atoms with Crippen LogP contribution in [0, 0.1) is 17.5 Å². The van der Waals surface area contributed by atoms with Crippen molar-refractivity contribution in [1.82, 2.24) is 10.3 Å². The summed E-state index contributed by atoms with van der Waals surface area (Å²) in [6, 6.07) is 5.55. The van der Waals surface area contributed by atoms with E-state index in [1.54, 1.807) is 13.2 Å². The third kappa shape index (κ3) is 3.61. The molecule has 0 amide bonds. The zero-order valence-electron chi connectivity index (χ0n) is 12.0. The van der Waals surface area contributed by atoms with Gasteiger partial charge in [-0.15, -0.1) is 0 Å². The van der Waals surface area contributed by atoms with E-state index < -0.39 is 17.5 Å². The lowest BCUT2D eigenvalue weighted by Gasteiger charge is -2.17. The summed E-state index contributed by atoms with van der Waals surface area (Å²) < 4.78 is 39.6. The molecule has 1 heterocycles. The summed E-state index contributed by atoms with van der Waals surface area (Å²) in [5, 5.41) is 2.97. The topological polar surface area (TPSA) is 24.9 Å². The third-order valence-corrected chi connectivity index (χ3v) is 3.46. The van der Waals surface area contributed by atoms with Crippen LogP contribution >= 0.6 is 0 Å². The van der Waals surface area contributed by atoms with Gasteiger partial charge in [0.05, 0.1) is 0 Å². The Balaban J connectivity index is 2.23. The van der Waals surface area contributed by atoms with Crippen molar-refractivity contribution in [2.75, 3.05) is 7.05 Å². The number of aromatic nitrogens is 1. The molecule has 2 aromatic rings. The van der Waals surface area contributed by atoms with Crippen molar-refractivity contribution in [2.45, 2.75) is 25.8 Å². The summed E-state index contributed by atoms with van der Waals surface area (Å²) in [5.41, 5.74) is 2.28. The first-order chi connectivity index (χ1) is 10.0. The van der Waals surface area contributed by atoms with Crippen LogP contribution in [0.15, 0.2) is 30.5 Å².